The van der Waals surface area contributed by atoms with Crippen LogP contribution in [0.25, 0.3) is 0 Å². The zero-order valence-electron chi connectivity index (χ0n) is 13.8. The molecule has 5 nitrogen and oxygen atoms in total. The van der Waals surface area contributed by atoms with Crippen LogP contribution in [0.1, 0.15) is 27.4 Å². The molecule has 2 aromatic carbocycles. The Morgan fingerprint density at radius 2 is 1.76 bits per heavy atom. The van der Waals surface area contributed by atoms with Crippen LogP contribution < -0.4 is 5.73 Å². The van der Waals surface area contributed by atoms with Crippen molar-refractivity contribution in [3.63, 3.8) is 0 Å². The second kappa shape index (κ2) is 7.18. The van der Waals surface area contributed by atoms with E-state index in [0.29, 0.717) is 24.2 Å². The van der Waals surface area contributed by atoms with Gasteiger partial charge >= 0.3 is 0 Å². The summed E-state index contributed by atoms with van der Waals surface area (Å²) in [6.45, 7) is 0.924. The molecule has 1 heterocycles. The predicted octanol–water partition coefficient (Wildman–Crippen LogP) is 2.09. The topological polar surface area (TPSA) is 87.2 Å². The Labute approximate surface area is 146 Å². The zero-order chi connectivity index (χ0) is 17.8. The van der Waals surface area contributed by atoms with Crippen molar-refractivity contribution >= 4 is 11.8 Å². The number of nitrogens with two attached hydrogens (primary N) is 1. The van der Waals surface area contributed by atoms with Crippen molar-refractivity contribution in [3.8, 4) is 6.07 Å². The number of nitriles is 1. The van der Waals surface area contributed by atoms with Gasteiger partial charge in [0.2, 0.25) is 11.8 Å². The van der Waals surface area contributed by atoms with E-state index in [2.05, 4.69) is 6.07 Å². The number of hydrogen-bond donors (Lipinski definition) is 1. The van der Waals surface area contributed by atoms with Gasteiger partial charge in [0.1, 0.15) is 0 Å². The standard InChI is InChI=1S/C20H19N3O2/c21-11-16-12-23(13-18(16)14-6-2-1-3-7-14)19(24)10-15-8-4-5-9-17(15)20(22)25/h1-9,16,18H,10,12-13H2,(H2,22,25)/t16-,18+/m1/s1. The van der Waals surface area contributed by atoms with Crippen molar-refractivity contribution in [1.29, 1.82) is 5.26 Å². The summed E-state index contributed by atoms with van der Waals surface area (Å²) < 4.78 is 0. The van der Waals surface area contributed by atoms with Gasteiger partial charge in [-0.1, -0.05) is 48.5 Å². The summed E-state index contributed by atoms with van der Waals surface area (Å²) in [6, 6.07) is 19.0. The quantitative estimate of drug-likeness (QED) is 0.929. The molecule has 1 saturated heterocycles. The van der Waals surface area contributed by atoms with Crippen molar-refractivity contribution in [2.24, 2.45) is 11.7 Å². The molecule has 0 radical (unpaired) electrons. The minimum Gasteiger partial charge on any atom is -0.366 e. The summed E-state index contributed by atoms with van der Waals surface area (Å²) in [5.41, 5.74) is 7.44. The molecule has 0 unspecified atom stereocenters. The Morgan fingerprint density at radius 3 is 2.44 bits per heavy atom. The number of hydrogen-bond acceptors (Lipinski definition) is 3. The Hall–Kier alpha value is -3.13. The van der Waals surface area contributed by atoms with Crippen molar-refractivity contribution in [1.82, 2.24) is 4.90 Å². The third-order valence-electron chi connectivity index (χ3n) is 4.69. The van der Waals surface area contributed by atoms with Crippen LogP contribution in [0.15, 0.2) is 54.6 Å². The van der Waals surface area contributed by atoms with Gasteiger partial charge in [0, 0.05) is 24.6 Å². The number of rotatable bonds is 4. The van der Waals surface area contributed by atoms with Crippen LogP contribution in [0.3, 0.4) is 0 Å². The highest BCUT2D eigenvalue weighted by Gasteiger charge is 2.36. The highest BCUT2D eigenvalue weighted by atomic mass is 16.2. The molecule has 2 aromatic rings. The molecule has 5 heteroatoms. The molecule has 1 aliphatic rings. The van der Waals surface area contributed by atoms with Gasteiger partial charge in [-0.05, 0) is 17.2 Å². The van der Waals surface area contributed by atoms with E-state index in [1.807, 2.05) is 30.3 Å². The second-order valence-corrected chi connectivity index (χ2v) is 6.25. The van der Waals surface area contributed by atoms with Crippen LogP contribution in [0, 0.1) is 17.2 Å². The normalized spacial score (nSPS) is 19.4. The molecular weight excluding hydrogens is 314 g/mol. The molecule has 3 rings (SSSR count). The van der Waals surface area contributed by atoms with Gasteiger partial charge in [-0.15, -0.1) is 0 Å². The molecular formula is C20H19N3O2. The minimum absolute atomic E-state index is 0.0153. The monoisotopic (exact) mass is 333 g/mol. The van der Waals surface area contributed by atoms with Crippen LogP contribution in [-0.2, 0) is 11.2 Å². The zero-order valence-corrected chi connectivity index (χ0v) is 13.8. The Bertz CT molecular complexity index is 826. The molecule has 126 valence electrons. The van der Waals surface area contributed by atoms with Crippen LogP contribution >= 0.6 is 0 Å². The van der Waals surface area contributed by atoms with Gasteiger partial charge in [-0.2, -0.15) is 5.26 Å². The van der Waals surface area contributed by atoms with Crippen molar-refractivity contribution < 1.29 is 9.59 Å². The highest BCUT2D eigenvalue weighted by Crippen LogP contribution is 2.32. The van der Waals surface area contributed by atoms with Crippen molar-refractivity contribution in [2.75, 3.05) is 13.1 Å². The molecule has 1 aliphatic heterocycles. The lowest BCUT2D eigenvalue weighted by molar-refractivity contribution is -0.129. The summed E-state index contributed by atoms with van der Waals surface area (Å²) >= 11 is 0. The third kappa shape index (κ3) is 3.53. The van der Waals surface area contributed by atoms with Crippen molar-refractivity contribution in [2.45, 2.75) is 12.3 Å². The van der Waals surface area contributed by atoms with E-state index < -0.39 is 5.91 Å². The fourth-order valence-corrected chi connectivity index (χ4v) is 3.37. The van der Waals surface area contributed by atoms with Crippen LogP contribution in [-0.4, -0.2) is 29.8 Å². The average Bonchev–Trinajstić information content (AvgIpc) is 3.07. The van der Waals surface area contributed by atoms with Crippen LogP contribution in [0.5, 0.6) is 0 Å². The summed E-state index contributed by atoms with van der Waals surface area (Å²) in [6.07, 6.45) is 0.110. The third-order valence-corrected chi connectivity index (χ3v) is 4.69. The van der Waals surface area contributed by atoms with E-state index in [-0.39, 0.29) is 24.2 Å². The number of carbonyl (C=O) groups excluding carboxylic acids is 2. The Morgan fingerprint density at radius 1 is 1.08 bits per heavy atom. The van der Waals surface area contributed by atoms with E-state index in [0.717, 1.165) is 5.56 Å². The Balaban J connectivity index is 1.76. The lowest BCUT2D eigenvalue weighted by Crippen LogP contribution is -2.31. The summed E-state index contributed by atoms with van der Waals surface area (Å²) in [7, 11) is 0. The van der Waals surface area contributed by atoms with Gasteiger partial charge < -0.3 is 10.6 Å². The SMILES string of the molecule is N#C[C@@H]1CN(C(=O)Cc2ccccc2C(N)=O)C[C@H]1c1ccccc1. The molecule has 2 N–H and O–H groups in total. The van der Waals surface area contributed by atoms with Gasteiger partial charge in [0.25, 0.3) is 0 Å². The van der Waals surface area contributed by atoms with E-state index >= 15 is 0 Å². The fraction of sp³-hybridized carbons (Fsp3) is 0.250. The lowest BCUT2D eigenvalue weighted by atomic mass is 9.90. The first-order chi connectivity index (χ1) is 12.1. The number of benzene rings is 2. The highest BCUT2D eigenvalue weighted by molar-refractivity contribution is 5.95. The van der Waals surface area contributed by atoms with Gasteiger partial charge in [0.05, 0.1) is 18.4 Å². The van der Waals surface area contributed by atoms with Crippen LogP contribution in [0.2, 0.25) is 0 Å². The van der Waals surface area contributed by atoms with E-state index in [1.54, 1.807) is 29.2 Å². The molecule has 0 spiro atoms. The number of likely N-dealkylation sites (tertiary alicyclic amines) is 1. The van der Waals surface area contributed by atoms with Crippen LogP contribution in [0.4, 0.5) is 0 Å². The molecule has 2 atom stereocenters. The average molecular weight is 333 g/mol. The summed E-state index contributed by atoms with van der Waals surface area (Å²) in [5, 5.41) is 9.45. The van der Waals surface area contributed by atoms with Gasteiger partial charge in [-0.25, -0.2) is 0 Å². The Kier molecular flexibility index (Phi) is 4.80. The predicted molar refractivity (Wildman–Crippen MR) is 93.5 cm³/mol. The maximum Gasteiger partial charge on any atom is 0.248 e. The molecule has 0 aliphatic carbocycles. The fourth-order valence-electron chi connectivity index (χ4n) is 3.37. The maximum atomic E-state index is 12.7. The van der Waals surface area contributed by atoms with Gasteiger partial charge in [-0.3, -0.25) is 9.59 Å². The number of amides is 2. The molecule has 1 fully saturated rings. The molecule has 2 amide bonds. The molecule has 25 heavy (non-hydrogen) atoms. The van der Waals surface area contributed by atoms with E-state index in [4.69, 9.17) is 5.73 Å². The summed E-state index contributed by atoms with van der Waals surface area (Å²) in [5.74, 6) is -0.839. The first-order valence-corrected chi connectivity index (χ1v) is 8.20. The maximum absolute atomic E-state index is 12.7. The second-order valence-electron chi connectivity index (χ2n) is 6.25. The number of nitrogens with zero attached hydrogens (tertiary/aromatic N) is 2. The van der Waals surface area contributed by atoms with E-state index in [9.17, 15) is 14.9 Å². The van der Waals surface area contributed by atoms with Gasteiger partial charge in [0.15, 0.2) is 0 Å². The lowest BCUT2D eigenvalue weighted by Gasteiger charge is -2.17. The number of carbonyl (C=O) groups is 2. The van der Waals surface area contributed by atoms with E-state index in [1.165, 1.54) is 0 Å². The number of primary amides is 1. The minimum atomic E-state index is -0.540. The molecule has 0 saturated carbocycles. The smallest absolute Gasteiger partial charge is 0.248 e. The van der Waals surface area contributed by atoms with Crippen molar-refractivity contribution in [3.05, 3.63) is 71.3 Å². The molecule has 0 bridgehead atoms. The summed E-state index contributed by atoms with van der Waals surface area (Å²) in [4.78, 5) is 25.9. The first-order valence-electron chi connectivity index (χ1n) is 8.20. The largest absolute Gasteiger partial charge is 0.366 e. The molecule has 0 aromatic heterocycles. The first kappa shape index (κ1) is 16.7.